The molecular formula is C19H28N2O7S. The molecule has 2 N–H and O–H groups in total. The summed E-state index contributed by atoms with van der Waals surface area (Å²) in [4.78, 5) is 24.3. The molecule has 0 unspecified atom stereocenters. The van der Waals surface area contributed by atoms with Crippen LogP contribution in [0.3, 0.4) is 0 Å². The van der Waals surface area contributed by atoms with E-state index in [-0.39, 0.29) is 48.7 Å². The molecule has 0 spiro atoms. The van der Waals surface area contributed by atoms with Gasteiger partial charge in [0, 0.05) is 25.6 Å². The van der Waals surface area contributed by atoms with Crippen LogP contribution >= 0.6 is 0 Å². The SMILES string of the molecule is COC(=O)CCC[C@H](C(=O)OC(C)(C)C)N1CCNc2cc(O)ccc2S1(=O)=O. The van der Waals surface area contributed by atoms with Crippen molar-refractivity contribution in [3.05, 3.63) is 18.2 Å². The van der Waals surface area contributed by atoms with Crippen LogP contribution in [0.15, 0.2) is 23.1 Å². The second kappa shape index (κ2) is 9.00. The number of methoxy groups -OCH3 is 1. The molecule has 0 fully saturated rings. The van der Waals surface area contributed by atoms with Crippen molar-refractivity contribution < 1.29 is 32.6 Å². The molecule has 0 saturated heterocycles. The van der Waals surface area contributed by atoms with Gasteiger partial charge in [-0.2, -0.15) is 4.31 Å². The summed E-state index contributed by atoms with van der Waals surface area (Å²) in [6.07, 6.45) is 0.432. The molecule has 1 atom stereocenters. The third kappa shape index (κ3) is 5.83. The van der Waals surface area contributed by atoms with Gasteiger partial charge in [-0.05, 0) is 45.7 Å². The zero-order chi connectivity index (χ0) is 21.8. The van der Waals surface area contributed by atoms with Crippen molar-refractivity contribution in [2.45, 2.75) is 56.6 Å². The van der Waals surface area contributed by atoms with Crippen LogP contribution in [0.1, 0.15) is 40.0 Å². The first-order chi connectivity index (χ1) is 13.5. The van der Waals surface area contributed by atoms with Crippen LogP contribution in [0.25, 0.3) is 0 Å². The number of benzene rings is 1. The van der Waals surface area contributed by atoms with Gasteiger partial charge in [0.2, 0.25) is 10.0 Å². The third-order valence-corrected chi connectivity index (χ3v) is 6.28. The molecule has 1 heterocycles. The monoisotopic (exact) mass is 428 g/mol. The van der Waals surface area contributed by atoms with E-state index in [2.05, 4.69) is 10.1 Å². The maximum absolute atomic E-state index is 13.3. The number of anilines is 1. The number of ether oxygens (including phenoxy) is 2. The van der Waals surface area contributed by atoms with Crippen LogP contribution in [0, 0.1) is 0 Å². The molecule has 0 saturated carbocycles. The number of phenolic OH excluding ortho intramolecular Hbond substituents is 1. The van der Waals surface area contributed by atoms with Gasteiger partial charge in [-0.15, -0.1) is 0 Å². The molecule has 29 heavy (non-hydrogen) atoms. The molecule has 10 heteroatoms. The Balaban J connectivity index is 2.38. The van der Waals surface area contributed by atoms with E-state index >= 15 is 0 Å². The van der Waals surface area contributed by atoms with Crippen LogP contribution in [-0.2, 0) is 29.1 Å². The summed E-state index contributed by atoms with van der Waals surface area (Å²) in [7, 11) is -2.78. The molecule has 1 aromatic rings. The van der Waals surface area contributed by atoms with E-state index < -0.39 is 33.6 Å². The number of rotatable bonds is 6. The first-order valence-electron chi connectivity index (χ1n) is 9.34. The molecule has 1 aliphatic heterocycles. The molecule has 1 aliphatic rings. The van der Waals surface area contributed by atoms with E-state index in [0.717, 1.165) is 4.31 Å². The highest BCUT2D eigenvalue weighted by molar-refractivity contribution is 7.89. The Morgan fingerprint density at radius 1 is 1.31 bits per heavy atom. The smallest absolute Gasteiger partial charge is 0.324 e. The summed E-state index contributed by atoms with van der Waals surface area (Å²) in [5.74, 6) is -1.18. The third-order valence-electron chi connectivity index (χ3n) is 4.31. The number of nitrogens with one attached hydrogen (secondary N) is 1. The summed E-state index contributed by atoms with van der Waals surface area (Å²) >= 11 is 0. The largest absolute Gasteiger partial charge is 0.508 e. The molecular weight excluding hydrogens is 400 g/mol. The Morgan fingerprint density at radius 2 is 2.00 bits per heavy atom. The predicted octanol–water partition coefficient (Wildman–Crippen LogP) is 1.86. The van der Waals surface area contributed by atoms with Gasteiger partial charge < -0.3 is 19.9 Å². The van der Waals surface area contributed by atoms with Crippen LogP contribution in [0.2, 0.25) is 0 Å². The number of carbonyl (C=O) groups is 2. The summed E-state index contributed by atoms with van der Waals surface area (Å²) in [6.45, 7) is 5.37. The van der Waals surface area contributed by atoms with Crippen LogP contribution < -0.4 is 5.32 Å². The maximum atomic E-state index is 13.3. The van der Waals surface area contributed by atoms with Gasteiger partial charge in [0.05, 0.1) is 12.8 Å². The number of hydrogen-bond donors (Lipinski definition) is 2. The van der Waals surface area contributed by atoms with Crippen molar-refractivity contribution >= 4 is 27.6 Å². The van der Waals surface area contributed by atoms with E-state index in [1.807, 2.05) is 0 Å². The van der Waals surface area contributed by atoms with Crippen LogP contribution in [-0.4, -0.2) is 61.6 Å². The zero-order valence-corrected chi connectivity index (χ0v) is 17.9. The van der Waals surface area contributed by atoms with Gasteiger partial charge in [0.25, 0.3) is 0 Å². The molecule has 0 radical (unpaired) electrons. The first-order valence-corrected chi connectivity index (χ1v) is 10.8. The second-order valence-corrected chi connectivity index (χ2v) is 9.60. The number of phenols is 1. The Labute approximate surface area is 171 Å². The lowest BCUT2D eigenvalue weighted by Crippen LogP contribution is -2.48. The highest BCUT2D eigenvalue weighted by Gasteiger charge is 2.40. The zero-order valence-electron chi connectivity index (χ0n) is 17.1. The van der Waals surface area contributed by atoms with E-state index in [1.165, 1.54) is 25.3 Å². The molecule has 162 valence electrons. The van der Waals surface area contributed by atoms with Crippen LogP contribution in [0.5, 0.6) is 5.75 Å². The molecule has 0 aliphatic carbocycles. The molecule has 0 aromatic heterocycles. The Morgan fingerprint density at radius 3 is 2.62 bits per heavy atom. The van der Waals surface area contributed by atoms with Gasteiger partial charge in [0.15, 0.2) is 0 Å². The standard InChI is InChI=1S/C19H28N2O7S/c1-19(2,3)28-18(24)15(6-5-7-17(23)27-4)21-11-10-20-14-12-13(22)8-9-16(14)29(21,25)26/h8-9,12,15,20,22H,5-7,10-11H2,1-4H3/t15-/m1/s1. The van der Waals surface area contributed by atoms with E-state index in [0.29, 0.717) is 0 Å². The number of aromatic hydroxyl groups is 1. The summed E-state index contributed by atoms with van der Waals surface area (Å²) in [6, 6.07) is 2.81. The fourth-order valence-electron chi connectivity index (χ4n) is 3.04. The van der Waals surface area contributed by atoms with E-state index in [9.17, 15) is 23.1 Å². The average molecular weight is 429 g/mol. The second-order valence-electron chi connectivity index (χ2n) is 7.74. The topological polar surface area (TPSA) is 122 Å². The Bertz CT molecular complexity index is 862. The van der Waals surface area contributed by atoms with Crippen molar-refractivity contribution in [3.63, 3.8) is 0 Å². The lowest BCUT2D eigenvalue weighted by atomic mass is 10.1. The first kappa shape index (κ1) is 23.0. The van der Waals surface area contributed by atoms with E-state index in [4.69, 9.17) is 4.74 Å². The molecule has 0 bridgehead atoms. The number of fused-ring (bicyclic) bond motifs is 1. The minimum Gasteiger partial charge on any atom is -0.508 e. The molecule has 1 aromatic carbocycles. The van der Waals surface area contributed by atoms with Crippen molar-refractivity contribution in [1.29, 1.82) is 0 Å². The predicted molar refractivity (Wildman–Crippen MR) is 106 cm³/mol. The number of carbonyl (C=O) groups excluding carboxylic acids is 2. The lowest BCUT2D eigenvalue weighted by molar-refractivity contribution is -0.160. The van der Waals surface area contributed by atoms with Crippen molar-refractivity contribution in [2.75, 3.05) is 25.5 Å². The minimum atomic E-state index is -4.05. The fourth-order valence-corrected chi connectivity index (χ4v) is 4.80. The fraction of sp³-hybridized carbons (Fsp3) is 0.579. The lowest BCUT2D eigenvalue weighted by Gasteiger charge is -2.31. The number of hydrogen-bond acceptors (Lipinski definition) is 8. The Hall–Kier alpha value is -2.33. The van der Waals surface area contributed by atoms with Gasteiger partial charge in [-0.1, -0.05) is 0 Å². The van der Waals surface area contributed by atoms with Crippen molar-refractivity contribution in [2.24, 2.45) is 0 Å². The summed E-state index contributed by atoms with van der Waals surface area (Å²) in [5.41, 5.74) is -0.528. The van der Waals surface area contributed by atoms with Crippen molar-refractivity contribution in [3.8, 4) is 5.75 Å². The number of nitrogens with zero attached hydrogens (tertiary/aromatic N) is 1. The Kier molecular flexibility index (Phi) is 7.12. The van der Waals surface area contributed by atoms with E-state index in [1.54, 1.807) is 20.8 Å². The summed E-state index contributed by atoms with van der Waals surface area (Å²) in [5, 5.41) is 12.6. The number of sulfonamides is 1. The van der Waals surface area contributed by atoms with Gasteiger partial charge in [0.1, 0.15) is 22.3 Å². The normalized spacial score (nSPS) is 17.4. The molecule has 9 nitrogen and oxygen atoms in total. The average Bonchev–Trinajstić information content (AvgIpc) is 2.72. The minimum absolute atomic E-state index is 0.0277. The highest BCUT2D eigenvalue weighted by Crippen LogP contribution is 2.32. The van der Waals surface area contributed by atoms with Crippen LogP contribution in [0.4, 0.5) is 5.69 Å². The van der Waals surface area contributed by atoms with Gasteiger partial charge in [-0.25, -0.2) is 8.42 Å². The van der Waals surface area contributed by atoms with Crippen molar-refractivity contribution in [1.82, 2.24) is 4.31 Å². The number of esters is 2. The summed E-state index contributed by atoms with van der Waals surface area (Å²) < 4.78 is 37.8. The molecule has 0 amide bonds. The quantitative estimate of drug-likeness (QED) is 0.659. The highest BCUT2D eigenvalue weighted by atomic mass is 32.2. The maximum Gasteiger partial charge on any atom is 0.324 e. The van der Waals surface area contributed by atoms with Gasteiger partial charge >= 0.3 is 11.9 Å². The molecule has 2 rings (SSSR count). The van der Waals surface area contributed by atoms with Gasteiger partial charge in [-0.3, -0.25) is 9.59 Å².